The van der Waals surface area contributed by atoms with Crippen LogP contribution in [0.4, 0.5) is 11.5 Å². The van der Waals surface area contributed by atoms with Gasteiger partial charge in [-0.3, -0.25) is 4.79 Å². The van der Waals surface area contributed by atoms with E-state index < -0.39 is 0 Å². The highest BCUT2D eigenvalue weighted by atomic mass is 16.1. The Hall–Kier alpha value is -1.58. The molecule has 2 heterocycles. The molecule has 1 atom stereocenters. The normalized spacial score (nSPS) is 20.4. The number of hydrogen-bond acceptors (Lipinski definition) is 3. The SMILES string of the molecule is Cc1ccnc2c1NC(=O)CC(C)N2. The lowest BCUT2D eigenvalue weighted by Crippen LogP contribution is -2.19. The first-order valence-electron chi connectivity index (χ1n) is 4.69. The molecule has 74 valence electrons. The van der Waals surface area contributed by atoms with Crippen LogP contribution < -0.4 is 10.6 Å². The Morgan fingerprint density at radius 1 is 1.57 bits per heavy atom. The van der Waals surface area contributed by atoms with Crippen LogP contribution in [0.5, 0.6) is 0 Å². The van der Waals surface area contributed by atoms with E-state index in [4.69, 9.17) is 0 Å². The lowest BCUT2D eigenvalue weighted by atomic mass is 10.2. The minimum absolute atomic E-state index is 0.0415. The minimum atomic E-state index is 0.0415. The van der Waals surface area contributed by atoms with Crippen molar-refractivity contribution < 1.29 is 4.79 Å². The van der Waals surface area contributed by atoms with Crippen LogP contribution in [0.2, 0.25) is 0 Å². The molecule has 14 heavy (non-hydrogen) atoms. The second-order valence-corrected chi connectivity index (χ2v) is 3.65. The van der Waals surface area contributed by atoms with Gasteiger partial charge in [-0.1, -0.05) is 0 Å². The van der Waals surface area contributed by atoms with E-state index in [-0.39, 0.29) is 11.9 Å². The number of anilines is 2. The van der Waals surface area contributed by atoms with Gasteiger partial charge < -0.3 is 10.6 Å². The summed E-state index contributed by atoms with van der Waals surface area (Å²) in [6.07, 6.45) is 2.22. The Labute approximate surface area is 82.7 Å². The number of pyridine rings is 1. The molecular formula is C10H13N3O. The fraction of sp³-hybridized carbons (Fsp3) is 0.400. The average molecular weight is 191 g/mol. The molecule has 0 radical (unpaired) electrons. The van der Waals surface area contributed by atoms with Gasteiger partial charge in [-0.15, -0.1) is 0 Å². The molecule has 4 heteroatoms. The van der Waals surface area contributed by atoms with Crippen molar-refractivity contribution >= 4 is 17.4 Å². The number of hydrogen-bond donors (Lipinski definition) is 2. The van der Waals surface area contributed by atoms with Crippen molar-refractivity contribution in [3.63, 3.8) is 0 Å². The largest absolute Gasteiger partial charge is 0.365 e. The number of rotatable bonds is 0. The highest BCUT2D eigenvalue weighted by Crippen LogP contribution is 2.26. The maximum atomic E-state index is 11.4. The van der Waals surface area contributed by atoms with E-state index in [0.29, 0.717) is 6.42 Å². The zero-order valence-corrected chi connectivity index (χ0v) is 8.29. The molecule has 2 N–H and O–H groups in total. The van der Waals surface area contributed by atoms with Crippen LogP contribution in [0, 0.1) is 6.92 Å². The van der Waals surface area contributed by atoms with Gasteiger partial charge in [0.2, 0.25) is 5.91 Å². The van der Waals surface area contributed by atoms with Gasteiger partial charge in [0, 0.05) is 18.7 Å². The number of carbonyl (C=O) groups is 1. The number of fused-ring (bicyclic) bond motifs is 1. The Kier molecular flexibility index (Phi) is 2.11. The highest BCUT2D eigenvalue weighted by Gasteiger charge is 2.19. The maximum absolute atomic E-state index is 11.4. The molecule has 0 aliphatic carbocycles. The van der Waals surface area contributed by atoms with Gasteiger partial charge in [0.25, 0.3) is 0 Å². The highest BCUT2D eigenvalue weighted by molar-refractivity contribution is 5.96. The molecule has 4 nitrogen and oxygen atoms in total. The van der Waals surface area contributed by atoms with E-state index in [1.54, 1.807) is 6.20 Å². The van der Waals surface area contributed by atoms with Crippen molar-refractivity contribution in [3.05, 3.63) is 17.8 Å². The number of amides is 1. The summed E-state index contributed by atoms with van der Waals surface area (Å²) in [4.78, 5) is 15.6. The standard InChI is InChI=1S/C10H13N3O/c1-6-3-4-11-10-9(6)13-8(14)5-7(2)12-10/h3-4,7H,5H2,1-2H3,(H,11,12)(H,13,14). The Morgan fingerprint density at radius 2 is 2.36 bits per heavy atom. The molecular weight excluding hydrogens is 178 g/mol. The number of aryl methyl sites for hydroxylation is 1. The van der Waals surface area contributed by atoms with Gasteiger partial charge in [-0.05, 0) is 25.5 Å². The molecule has 0 bridgehead atoms. The summed E-state index contributed by atoms with van der Waals surface area (Å²) in [6.45, 7) is 3.93. The zero-order valence-electron chi connectivity index (χ0n) is 8.29. The molecule has 1 aromatic rings. The van der Waals surface area contributed by atoms with Crippen LogP contribution in [-0.4, -0.2) is 16.9 Å². The molecule has 2 rings (SSSR count). The van der Waals surface area contributed by atoms with E-state index in [1.807, 2.05) is 19.9 Å². The number of aromatic nitrogens is 1. The van der Waals surface area contributed by atoms with E-state index in [0.717, 1.165) is 17.1 Å². The number of carbonyl (C=O) groups excluding carboxylic acids is 1. The van der Waals surface area contributed by atoms with E-state index in [9.17, 15) is 4.79 Å². The van der Waals surface area contributed by atoms with E-state index in [1.165, 1.54) is 0 Å². The number of nitrogens with zero attached hydrogens (tertiary/aromatic N) is 1. The smallest absolute Gasteiger partial charge is 0.226 e. The van der Waals surface area contributed by atoms with Crippen LogP contribution >= 0.6 is 0 Å². The van der Waals surface area contributed by atoms with Gasteiger partial charge in [0.15, 0.2) is 0 Å². The number of nitrogens with one attached hydrogen (secondary N) is 2. The summed E-state index contributed by atoms with van der Waals surface area (Å²) in [7, 11) is 0. The molecule has 0 aromatic carbocycles. The van der Waals surface area contributed by atoms with Crippen LogP contribution in [0.15, 0.2) is 12.3 Å². The summed E-state index contributed by atoms with van der Waals surface area (Å²) in [5.41, 5.74) is 1.84. The van der Waals surface area contributed by atoms with Crippen molar-refractivity contribution in [2.45, 2.75) is 26.3 Å². The van der Waals surface area contributed by atoms with E-state index in [2.05, 4.69) is 15.6 Å². The van der Waals surface area contributed by atoms with Gasteiger partial charge in [0.05, 0.1) is 5.69 Å². The summed E-state index contributed by atoms with van der Waals surface area (Å²) in [5.74, 6) is 0.809. The predicted octanol–water partition coefficient (Wildman–Crippen LogP) is 1.53. The molecule has 0 saturated heterocycles. The molecule has 1 aliphatic rings. The second-order valence-electron chi connectivity index (χ2n) is 3.65. The molecule has 1 unspecified atom stereocenters. The van der Waals surface area contributed by atoms with Crippen LogP contribution in [0.3, 0.4) is 0 Å². The van der Waals surface area contributed by atoms with Gasteiger partial charge in [-0.2, -0.15) is 0 Å². The Bertz CT molecular complexity index is 376. The summed E-state index contributed by atoms with van der Waals surface area (Å²) in [5, 5.41) is 6.06. The van der Waals surface area contributed by atoms with Gasteiger partial charge in [0.1, 0.15) is 5.82 Å². The first-order chi connectivity index (χ1) is 6.66. The fourth-order valence-electron chi connectivity index (χ4n) is 1.58. The molecule has 1 aromatic heterocycles. The monoisotopic (exact) mass is 191 g/mol. The van der Waals surface area contributed by atoms with Crippen molar-refractivity contribution in [3.8, 4) is 0 Å². The quantitative estimate of drug-likeness (QED) is 0.654. The lowest BCUT2D eigenvalue weighted by Gasteiger charge is -2.11. The van der Waals surface area contributed by atoms with Crippen molar-refractivity contribution in [2.75, 3.05) is 10.6 Å². The van der Waals surface area contributed by atoms with Crippen molar-refractivity contribution in [1.82, 2.24) is 4.98 Å². The molecule has 0 fully saturated rings. The zero-order chi connectivity index (χ0) is 10.1. The Morgan fingerprint density at radius 3 is 3.14 bits per heavy atom. The third-order valence-electron chi connectivity index (χ3n) is 2.30. The summed E-state index contributed by atoms with van der Waals surface area (Å²) < 4.78 is 0. The third kappa shape index (κ3) is 1.55. The Balaban J connectivity index is 2.46. The fourth-order valence-corrected chi connectivity index (χ4v) is 1.58. The predicted molar refractivity (Wildman–Crippen MR) is 55.3 cm³/mol. The summed E-state index contributed by atoms with van der Waals surface area (Å²) >= 11 is 0. The van der Waals surface area contributed by atoms with Crippen LogP contribution in [0.1, 0.15) is 18.9 Å². The van der Waals surface area contributed by atoms with Crippen molar-refractivity contribution in [2.24, 2.45) is 0 Å². The topological polar surface area (TPSA) is 54.0 Å². The first kappa shape index (κ1) is 8.99. The minimum Gasteiger partial charge on any atom is -0.365 e. The molecule has 1 aliphatic heterocycles. The van der Waals surface area contributed by atoms with E-state index >= 15 is 0 Å². The molecule has 1 amide bonds. The maximum Gasteiger partial charge on any atom is 0.226 e. The molecule has 0 saturated carbocycles. The summed E-state index contributed by atoms with van der Waals surface area (Å²) in [6, 6.07) is 2.02. The third-order valence-corrected chi connectivity index (χ3v) is 2.30. The van der Waals surface area contributed by atoms with Crippen LogP contribution in [-0.2, 0) is 4.79 Å². The average Bonchev–Trinajstić information content (AvgIpc) is 2.23. The molecule has 0 spiro atoms. The lowest BCUT2D eigenvalue weighted by molar-refractivity contribution is -0.116. The first-order valence-corrected chi connectivity index (χ1v) is 4.69. The second kappa shape index (κ2) is 3.29. The van der Waals surface area contributed by atoms with Crippen molar-refractivity contribution in [1.29, 1.82) is 0 Å². The van der Waals surface area contributed by atoms with Gasteiger partial charge >= 0.3 is 0 Å². The van der Waals surface area contributed by atoms with Gasteiger partial charge in [-0.25, -0.2) is 4.98 Å². The van der Waals surface area contributed by atoms with Crippen LogP contribution in [0.25, 0.3) is 0 Å².